The van der Waals surface area contributed by atoms with E-state index in [1.165, 1.54) is 19.5 Å². The van der Waals surface area contributed by atoms with E-state index in [-0.39, 0.29) is 11.6 Å². The van der Waals surface area contributed by atoms with Crippen LogP contribution in [0.4, 0.5) is 5.82 Å². The lowest BCUT2D eigenvalue weighted by Crippen LogP contribution is -2.39. The molecule has 1 aromatic rings. The van der Waals surface area contributed by atoms with Gasteiger partial charge in [-0.2, -0.15) is 0 Å². The molecule has 0 aromatic carbocycles. The lowest BCUT2D eigenvalue weighted by Gasteiger charge is -2.15. The third-order valence-electron chi connectivity index (χ3n) is 2.49. The van der Waals surface area contributed by atoms with E-state index in [9.17, 15) is 9.59 Å². The van der Waals surface area contributed by atoms with Crippen LogP contribution in [0.25, 0.3) is 0 Å². The van der Waals surface area contributed by atoms with Crippen molar-refractivity contribution in [2.24, 2.45) is 5.92 Å². The van der Waals surface area contributed by atoms with Crippen molar-refractivity contribution >= 4 is 17.7 Å². The quantitative estimate of drug-likeness (QED) is 0.750. The van der Waals surface area contributed by atoms with E-state index in [4.69, 9.17) is 0 Å². The zero-order chi connectivity index (χ0) is 15.1. The fourth-order valence-electron chi connectivity index (χ4n) is 1.36. The van der Waals surface area contributed by atoms with E-state index < -0.39 is 12.0 Å². The Morgan fingerprint density at radius 3 is 2.45 bits per heavy atom. The number of amides is 1. The van der Waals surface area contributed by atoms with Crippen molar-refractivity contribution in [1.29, 1.82) is 0 Å². The van der Waals surface area contributed by atoms with Gasteiger partial charge in [-0.3, -0.25) is 4.79 Å². The SMILES string of the molecule is COC(=O)c1cnc(NC(C)C(=O)NCC(C)C)cn1. The summed E-state index contributed by atoms with van der Waals surface area (Å²) in [6.07, 6.45) is 2.69. The van der Waals surface area contributed by atoms with Gasteiger partial charge in [-0.05, 0) is 12.8 Å². The fourth-order valence-corrected chi connectivity index (χ4v) is 1.36. The molecule has 0 aliphatic rings. The topological polar surface area (TPSA) is 93.2 Å². The molecule has 0 spiro atoms. The lowest BCUT2D eigenvalue weighted by atomic mass is 10.2. The summed E-state index contributed by atoms with van der Waals surface area (Å²) in [7, 11) is 1.28. The van der Waals surface area contributed by atoms with Crippen LogP contribution in [0, 0.1) is 5.92 Å². The number of carbonyl (C=O) groups is 2. The molecule has 0 fully saturated rings. The van der Waals surface area contributed by atoms with Crippen LogP contribution in [0.15, 0.2) is 12.4 Å². The smallest absolute Gasteiger partial charge is 0.358 e. The fraction of sp³-hybridized carbons (Fsp3) is 0.538. The first-order valence-electron chi connectivity index (χ1n) is 6.38. The van der Waals surface area contributed by atoms with Gasteiger partial charge in [0.2, 0.25) is 5.91 Å². The normalized spacial score (nSPS) is 11.8. The number of esters is 1. The third-order valence-corrected chi connectivity index (χ3v) is 2.49. The number of hydrogen-bond donors (Lipinski definition) is 2. The van der Waals surface area contributed by atoms with Crippen molar-refractivity contribution in [3.05, 3.63) is 18.1 Å². The van der Waals surface area contributed by atoms with Gasteiger partial charge in [-0.15, -0.1) is 0 Å². The van der Waals surface area contributed by atoms with Crippen molar-refractivity contribution in [1.82, 2.24) is 15.3 Å². The molecule has 1 heterocycles. The van der Waals surface area contributed by atoms with Gasteiger partial charge in [0.25, 0.3) is 0 Å². The Morgan fingerprint density at radius 2 is 1.95 bits per heavy atom. The summed E-state index contributed by atoms with van der Waals surface area (Å²) in [6.45, 7) is 6.40. The zero-order valence-electron chi connectivity index (χ0n) is 12.1. The van der Waals surface area contributed by atoms with Crippen LogP contribution < -0.4 is 10.6 Å². The van der Waals surface area contributed by atoms with E-state index in [1.54, 1.807) is 6.92 Å². The number of rotatable bonds is 6. The molecule has 1 rings (SSSR count). The number of carbonyl (C=O) groups excluding carboxylic acids is 2. The Morgan fingerprint density at radius 1 is 1.25 bits per heavy atom. The van der Waals surface area contributed by atoms with Gasteiger partial charge in [-0.1, -0.05) is 13.8 Å². The molecule has 0 saturated carbocycles. The van der Waals surface area contributed by atoms with Crippen LogP contribution in [-0.4, -0.2) is 41.5 Å². The molecule has 110 valence electrons. The van der Waals surface area contributed by atoms with Gasteiger partial charge in [0.15, 0.2) is 5.69 Å². The molecule has 0 bridgehead atoms. The second kappa shape index (κ2) is 7.42. The first-order valence-corrected chi connectivity index (χ1v) is 6.38. The van der Waals surface area contributed by atoms with E-state index >= 15 is 0 Å². The Balaban J connectivity index is 2.55. The Hall–Kier alpha value is -2.18. The summed E-state index contributed by atoms with van der Waals surface area (Å²) in [5, 5.41) is 5.73. The minimum atomic E-state index is -0.549. The molecular formula is C13H20N4O3. The zero-order valence-corrected chi connectivity index (χ0v) is 12.1. The Kier molecular flexibility index (Phi) is 5.89. The van der Waals surface area contributed by atoms with Crippen LogP contribution in [0.3, 0.4) is 0 Å². The van der Waals surface area contributed by atoms with Gasteiger partial charge in [-0.25, -0.2) is 14.8 Å². The van der Waals surface area contributed by atoms with Gasteiger partial charge in [0.1, 0.15) is 11.9 Å². The van der Waals surface area contributed by atoms with Crippen LogP contribution in [0.1, 0.15) is 31.3 Å². The molecule has 7 nitrogen and oxygen atoms in total. The molecule has 0 radical (unpaired) electrons. The maximum atomic E-state index is 11.8. The molecule has 0 saturated heterocycles. The average molecular weight is 280 g/mol. The molecular weight excluding hydrogens is 260 g/mol. The minimum absolute atomic E-state index is 0.113. The van der Waals surface area contributed by atoms with E-state index in [0.29, 0.717) is 18.3 Å². The first kappa shape index (κ1) is 15.9. The Labute approximate surface area is 118 Å². The van der Waals surface area contributed by atoms with Crippen molar-refractivity contribution in [2.45, 2.75) is 26.8 Å². The maximum absolute atomic E-state index is 11.8. The molecule has 1 amide bonds. The monoisotopic (exact) mass is 280 g/mol. The molecule has 7 heteroatoms. The largest absolute Gasteiger partial charge is 0.464 e. The highest BCUT2D eigenvalue weighted by Crippen LogP contribution is 2.04. The van der Waals surface area contributed by atoms with Gasteiger partial charge in [0.05, 0.1) is 19.5 Å². The van der Waals surface area contributed by atoms with Crippen molar-refractivity contribution in [3.63, 3.8) is 0 Å². The molecule has 1 aromatic heterocycles. The average Bonchev–Trinajstić information content (AvgIpc) is 2.44. The standard InChI is InChI=1S/C13H20N4O3/c1-8(2)5-16-12(18)9(3)17-11-7-14-10(6-15-11)13(19)20-4/h6-9H,5H2,1-4H3,(H,15,17)(H,16,18). The van der Waals surface area contributed by atoms with Crippen LogP contribution in [0.2, 0.25) is 0 Å². The molecule has 1 unspecified atom stereocenters. The highest BCUT2D eigenvalue weighted by atomic mass is 16.5. The van der Waals surface area contributed by atoms with E-state index in [2.05, 4.69) is 25.3 Å². The minimum Gasteiger partial charge on any atom is -0.464 e. The van der Waals surface area contributed by atoms with E-state index in [1.807, 2.05) is 13.8 Å². The van der Waals surface area contributed by atoms with E-state index in [0.717, 1.165) is 0 Å². The summed E-state index contributed by atoms with van der Waals surface area (Å²) in [4.78, 5) is 30.9. The van der Waals surface area contributed by atoms with Gasteiger partial charge < -0.3 is 15.4 Å². The van der Waals surface area contributed by atoms with Crippen molar-refractivity contribution < 1.29 is 14.3 Å². The summed E-state index contributed by atoms with van der Waals surface area (Å²) >= 11 is 0. The summed E-state index contributed by atoms with van der Waals surface area (Å²) in [5.41, 5.74) is 0.120. The second-order valence-corrected chi connectivity index (χ2v) is 4.78. The van der Waals surface area contributed by atoms with Crippen molar-refractivity contribution in [3.8, 4) is 0 Å². The number of anilines is 1. The first-order chi connectivity index (χ1) is 9.43. The maximum Gasteiger partial charge on any atom is 0.358 e. The predicted molar refractivity (Wildman–Crippen MR) is 74.3 cm³/mol. The molecule has 0 aliphatic heterocycles. The van der Waals surface area contributed by atoms with Crippen LogP contribution in [0.5, 0.6) is 0 Å². The number of aromatic nitrogens is 2. The molecule has 0 aliphatic carbocycles. The summed E-state index contributed by atoms with van der Waals surface area (Å²) in [6, 6.07) is -0.438. The number of nitrogens with zero attached hydrogens (tertiary/aromatic N) is 2. The number of hydrogen-bond acceptors (Lipinski definition) is 6. The van der Waals surface area contributed by atoms with Crippen LogP contribution >= 0.6 is 0 Å². The highest BCUT2D eigenvalue weighted by molar-refractivity contribution is 5.87. The predicted octanol–water partition coefficient (Wildman–Crippen LogP) is 0.836. The molecule has 2 N–H and O–H groups in total. The third kappa shape index (κ3) is 4.83. The lowest BCUT2D eigenvalue weighted by molar-refractivity contribution is -0.121. The summed E-state index contributed by atoms with van der Waals surface area (Å²) < 4.78 is 4.52. The number of ether oxygens (including phenoxy) is 1. The Bertz CT molecular complexity index is 459. The summed E-state index contributed by atoms with van der Waals surface area (Å²) in [5.74, 6) is 0.152. The van der Waals surface area contributed by atoms with Crippen LogP contribution in [-0.2, 0) is 9.53 Å². The van der Waals surface area contributed by atoms with Crippen molar-refractivity contribution in [2.75, 3.05) is 19.0 Å². The number of nitrogens with one attached hydrogen (secondary N) is 2. The van der Waals surface area contributed by atoms with Gasteiger partial charge in [0, 0.05) is 6.54 Å². The molecule has 1 atom stereocenters. The number of methoxy groups -OCH3 is 1. The van der Waals surface area contributed by atoms with Gasteiger partial charge >= 0.3 is 5.97 Å². The second-order valence-electron chi connectivity index (χ2n) is 4.78. The molecule has 20 heavy (non-hydrogen) atoms. The highest BCUT2D eigenvalue weighted by Gasteiger charge is 2.14.